The SMILES string of the molecule is Cc1c(C(F)(F)F)nnc(N2CCCC(F)(F)CC2)c1C(=O)Nc1cccc(S(=N)(=O)N(C(=O)O)C(=O)OC(C)(C)C)c1. The van der Waals surface area contributed by atoms with Crippen molar-refractivity contribution in [2.45, 2.75) is 69.6 Å². The largest absolute Gasteiger partial charge is 0.464 e. The van der Waals surface area contributed by atoms with Gasteiger partial charge < -0.3 is 20.1 Å². The molecule has 1 saturated heterocycles. The quantitative estimate of drug-likeness (QED) is 0.338. The van der Waals surface area contributed by atoms with Crippen LogP contribution in [-0.4, -0.2) is 66.5 Å². The lowest BCUT2D eigenvalue weighted by atomic mass is 10.1. The Morgan fingerprint density at radius 2 is 1.79 bits per heavy atom. The second-order valence-corrected chi connectivity index (χ2v) is 12.5. The molecule has 1 atom stereocenters. The van der Waals surface area contributed by atoms with Gasteiger partial charge >= 0.3 is 18.4 Å². The summed E-state index contributed by atoms with van der Waals surface area (Å²) in [6.45, 7) is 4.86. The van der Waals surface area contributed by atoms with Gasteiger partial charge in [-0.05, 0) is 57.9 Å². The van der Waals surface area contributed by atoms with Gasteiger partial charge in [-0.15, -0.1) is 14.5 Å². The maximum Gasteiger partial charge on any atom is 0.435 e. The minimum absolute atomic E-state index is 0.0343. The number of halogens is 5. The van der Waals surface area contributed by atoms with E-state index in [0.717, 1.165) is 25.1 Å². The normalized spacial score (nSPS) is 16.9. The third-order valence-electron chi connectivity index (χ3n) is 6.11. The summed E-state index contributed by atoms with van der Waals surface area (Å²) in [4.78, 5) is 38.4. The minimum Gasteiger partial charge on any atom is -0.464 e. The molecule has 1 aliphatic rings. The molecule has 1 aliphatic heterocycles. The number of alkyl halides is 5. The summed E-state index contributed by atoms with van der Waals surface area (Å²) < 4.78 is 95.1. The Balaban J connectivity index is 2.03. The van der Waals surface area contributed by atoms with E-state index >= 15 is 0 Å². The zero-order chi connectivity index (χ0) is 32.5. The van der Waals surface area contributed by atoms with Gasteiger partial charge in [0.2, 0.25) is 5.92 Å². The van der Waals surface area contributed by atoms with Crippen molar-refractivity contribution in [1.82, 2.24) is 14.5 Å². The number of amides is 3. The number of benzene rings is 1. The van der Waals surface area contributed by atoms with Crippen molar-refractivity contribution < 1.29 is 50.4 Å². The molecule has 0 radical (unpaired) electrons. The fraction of sp³-hybridized carbons (Fsp3) is 0.480. The summed E-state index contributed by atoms with van der Waals surface area (Å²) in [6.07, 6.45) is -9.79. The predicted molar refractivity (Wildman–Crippen MR) is 142 cm³/mol. The summed E-state index contributed by atoms with van der Waals surface area (Å²) >= 11 is 0. The standard InChI is InChI=1S/C25H29F5N6O6S/c1-14-17(19(34-33-18(14)25(28,29)30)35-11-6-9-24(26,27)10-12-35)20(37)32-15-7-5-8-16(13-15)43(31,41)36(21(38)39)22(40)42-23(2,3)4/h5,7-8,13,31H,6,9-12H2,1-4H3,(H,32,37)(H,38,39). The number of carboxylic acid groups (broad SMARTS) is 1. The molecule has 1 fully saturated rings. The third kappa shape index (κ3) is 7.85. The topological polar surface area (TPSA) is 166 Å². The second kappa shape index (κ2) is 11.9. The van der Waals surface area contributed by atoms with Crippen molar-refractivity contribution in [3.63, 3.8) is 0 Å². The molecule has 3 amide bonds. The van der Waals surface area contributed by atoms with Crippen molar-refractivity contribution in [3.8, 4) is 0 Å². The number of carbonyl (C=O) groups is 3. The predicted octanol–water partition coefficient (Wildman–Crippen LogP) is 5.92. The first-order valence-electron chi connectivity index (χ1n) is 12.7. The van der Waals surface area contributed by atoms with Crippen molar-refractivity contribution in [3.05, 3.63) is 41.1 Å². The smallest absolute Gasteiger partial charge is 0.435 e. The van der Waals surface area contributed by atoms with Crippen LogP contribution in [0.4, 0.5) is 43.0 Å². The average molecular weight is 637 g/mol. The number of carbonyl (C=O) groups excluding carboxylic acids is 2. The van der Waals surface area contributed by atoms with Gasteiger partial charge in [-0.3, -0.25) is 4.79 Å². The zero-order valence-corrected chi connectivity index (χ0v) is 24.2. The van der Waals surface area contributed by atoms with Gasteiger partial charge in [-0.1, -0.05) is 6.07 Å². The van der Waals surface area contributed by atoms with Crippen LogP contribution in [0, 0.1) is 11.7 Å². The van der Waals surface area contributed by atoms with Crippen LogP contribution in [0.2, 0.25) is 0 Å². The zero-order valence-electron chi connectivity index (χ0n) is 23.4. The Kier molecular flexibility index (Phi) is 9.24. The lowest BCUT2D eigenvalue weighted by molar-refractivity contribution is -0.142. The molecule has 2 heterocycles. The van der Waals surface area contributed by atoms with Gasteiger partial charge in [0.25, 0.3) is 5.91 Å². The molecule has 1 unspecified atom stereocenters. The Morgan fingerprint density at radius 3 is 2.37 bits per heavy atom. The van der Waals surface area contributed by atoms with E-state index in [0.29, 0.717) is 0 Å². The number of aromatic nitrogens is 2. The van der Waals surface area contributed by atoms with Gasteiger partial charge in [0.15, 0.2) is 21.4 Å². The number of imide groups is 1. The summed E-state index contributed by atoms with van der Waals surface area (Å²) in [5.74, 6) is -4.54. The van der Waals surface area contributed by atoms with E-state index in [4.69, 9.17) is 9.52 Å². The van der Waals surface area contributed by atoms with Crippen LogP contribution < -0.4 is 10.2 Å². The Bertz CT molecular complexity index is 1530. The molecule has 0 bridgehead atoms. The van der Waals surface area contributed by atoms with Gasteiger partial charge in [0.05, 0.1) is 10.5 Å². The van der Waals surface area contributed by atoms with Crippen LogP contribution in [0.5, 0.6) is 0 Å². The molecule has 2 aromatic rings. The maximum atomic E-state index is 14.0. The number of ether oxygens (including phenoxy) is 1. The van der Waals surface area contributed by atoms with E-state index in [1.165, 1.54) is 31.7 Å². The van der Waals surface area contributed by atoms with Crippen LogP contribution in [0.15, 0.2) is 29.2 Å². The number of rotatable bonds is 5. The van der Waals surface area contributed by atoms with Crippen molar-refractivity contribution in [2.75, 3.05) is 23.3 Å². The van der Waals surface area contributed by atoms with E-state index in [9.17, 15) is 45.7 Å². The highest BCUT2D eigenvalue weighted by Crippen LogP contribution is 2.36. The molecule has 0 spiro atoms. The second-order valence-electron chi connectivity index (χ2n) is 10.6. The minimum atomic E-state index is -5.00. The molecule has 0 saturated carbocycles. The van der Waals surface area contributed by atoms with E-state index in [1.807, 2.05) is 0 Å². The molecule has 3 N–H and O–H groups in total. The number of hydrogen-bond donors (Lipinski definition) is 3. The van der Waals surface area contributed by atoms with Crippen molar-refractivity contribution in [1.29, 1.82) is 4.78 Å². The molecule has 1 aromatic carbocycles. The molecule has 236 valence electrons. The van der Waals surface area contributed by atoms with Crippen LogP contribution >= 0.6 is 0 Å². The molecule has 43 heavy (non-hydrogen) atoms. The average Bonchev–Trinajstić information content (AvgIpc) is 3.01. The number of hydrogen-bond acceptors (Lipinski definition) is 9. The lowest BCUT2D eigenvalue weighted by Crippen LogP contribution is -2.43. The summed E-state index contributed by atoms with van der Waals surface area (Å²) in [5, 5.41) is 18.6. The van der Waals surface area contributed by atoms with Gasteiger partial charge in [-0.2, -0.15) is 13.2 Å². The Morgan fingerprint density at radius 1 is 1.14 bits per heavy atom. The van der Waals surface area contributed by atoms with E-state index in [2.05, 4.69) is 15.5 Å². The molecular formula is C25H29F5N6O6S. The Hall–Kier alpha value is -4.09. The fourth-order valence-electron chi connectivity index (χ4n) is 4.19. The molecule has 0 aliphatic carbocycles. The van der Waals surface area contributed by atoms with Crippen LogP contribution in [0.1, 0.15) is 61.6 Å². The van der Waals surface area contributed by atoms with Crippen LogP contribution in [0.3, 0.4) is 0 Å². The van der Waals surface area contributed by atoms with E-state index < -0.39 is 80.3 Å². The summed E-state index contributed by atoms with van der Waals surface area (Å²) in [7, 11) is -4.61. The van der Waals surface area contributed by atoms with E-state index in [-0.39, 0.29) is 35.3 Å². The first-order chi connectivity index (χ1) is 19.6. The van der Waals surface area contributed by atoms with Gasteiger partial charge in [0.1, 0.15) is 5.60 Å². The first-order valence-corrected chi connectivity index (χ1v) is 14.2. The molecule has 3 rings (SSSR count). The van der Waals surface area contributed by atoms with Gasteiger partial charge in [-0.25, -0.2) is 27.4 Å². The maximum absolute atomic E-state index is 14.0. The third-order valence-corrected chi connectivity index (χ3v) is 7.83. The van der Waals surface area contributed by atoms with Gasteiger partial charge in [0, 0.05) is 31.6 Å². The molecule has 18 heteroatoms. The molecular weight excluding hydrogens is 607 g/mol. The lowest BCUT2D eigenvalue weighted by Gasteiger charge is -2.26. The van der Waals surface area contributed by atoms with Crippen molar-refractivity contribution in [2.24, 2.45) is 0 Å². The molecule has 12 nitrogen and oxygen atoms in total. The highest BCUT2D eigenvalue weighted by atomic mass is 32.2. The monoisotopic (exact) mass is 636 g/mol. The van der Waals surface area contributed by atoms with Crippen LogP contribution in [0.25, 0.3) is 0 Å². The van der Waals surface area contributed by atoms with Crippen molar-refractivity contribution >= 4 is 39.5 Å². The van der Waals surface area contributed by atoms with E-state index in [1.54, 1.807) is 0 Å². The first kappa shape index (κ1) is 33.4. The number of nitrogens with zero attached hydrogens (tertiary/aromatic N) is 4. The highest BCUT2D eigenvalue weighted by molar-refractivity contribution is 7.91. The number of anilines is 2. The molecule has 1 aromatic heterocycles. The summed E-state index contributed by atoms with van der Waals surface area (Å²) in [5.41, 5.74) is -4.16. The Labute approximate surface area is 243 Å². The summed E-state index contributed by atoms with van der Waals surface area (Å²) in [6, 6.07) is 4.30. The highest BCUT2D eigenvalue weighted by Gasteiger charge is 2.40. The number of nitrogens with one attached hydrogen (secondary N) is 2. The van der Waals surface area contributed by atoms with Crippen LogP contribution in [-0.2, 0) is 20.8 Å². The fourth-order valence-corrected chi connectivity index (χ4v) is 5.42.